The topological polar surface area (TPSA) is 32.3 Å². The molecule has 4 unspecified atom stereocenters. The van der Waals surface area contributed by atoms with Gasteiger partial charge in [-0.05, 0) is 55.2 Å². The van der Waals surface area contributed by atoms with Gasteiger partial charge in [0.25, 0.3) is 0 Å². The van der Waals surface area contributed by atoms with E-state index in [1.165, 1.54) is 11.1 Å². The van der Waals surface area contributed by atoms with Crippen LogP contribution in [-0.4, -0.2) is 17.3 Å². The van der Waals surface area contributed by atoms with Gasteiger partial charge in [0.05, 0.1) is 11.6 Å². The fourth-order valence-electron chi connectivity index (χ4n) is 4.03. The summed E-state index contributed by atoms with van der Waals surface area (Å²) >= 11 is 0. The Morgan fingerprint density at radius 3 is 2.84 bits per heavy atom. The highest BCUT2D eigenvalue weighted by molar-refractivity contribution is 5.34. The van der Waals surface area contributed by atoms with Crippen molar-refractivity contribution in [3.63, 3.8) is 0 Å². The van der Waals surface area contributed by atoms with Crippen LogP contribution in [0.3, 0.4) is 0 Å². The molecule has 0 amide bonds. The van der Waals surface area contributed by atoms with Crippen LogP contribution in [0.5, 0.6) is 0 Å². The zero-order valence-electron chi connectivity index (χ0n) is 12.0. The predicted molar refractivity (Wildman–Crippen MR) is 78.0 cm³/mol. The van der Waals surface area contributed by atoms with E-state index in [0.717, 1.165) is 38.1 Å². The summed E-state index contributed by atoms with van der Waals surface area (Å²) in [4.78, 5) is 0. The van der Waals surface area contributed by atoms with Crippen LogP contribution in [0, 0.1) is 11.8 Å². The molecule has 3 rings (SSSR count). The van der Waals surface area contributed by atoms with Crippen LogP contribution in [0.4, 0.5) is 0 Å². The molecule has 1 aromatic rings. The lowest BCUT2D eigenvalue weighted by atomic mass is 9.66. The zero-order valence-corrected chi connectivity index (χ0v) is 12.0. The monoisotopic (exact) mass is 259 g/mol. The van der Waals surface area contributed by atoms with Crippen molar-refractivity contribution in [3.05, 3.63) is 35.4 Å². The second-order valence-corrected chi connectivity index (χ2v) is 6.61. The maximum Gasteiger partial charge on any atom is 0.0867 e. The molecule has 1 aliphatic heterocycles. The highest BCUT2D eigenvalue weighted by Gasteiger charge is 2.46. The summed E-state index contributed by atoms with van der Waals surface area (Å²) in [6.07, 6.45) is 4.27. The third-order valence-corrected chi connectivity index (χ3v) is 5.26. The lowest BCUT2D eigenvalue weighted by Gasteiger charge is -2.48. The minimum absolute atomic E-state index is 0.111. The molecule has 1 aliphatic carbocycles. The highest BCUT2D eigenvalue weighted by Crippen LogP contribution is 2.45. The van der Waals surface area contributed by atoms with Crippen molar-refractivity contribution in [2.75, 3.05) is 6.54 Å². The fraction of sp³-hybridized carbons (Fsp3) is 0.647. The largest absolute Gasteiger partial charge is 0.388 e. The second-order valence-electron chi connectivity index (χ2n) is 6.61. The van der Waals surface area contributed by atoms with Crippen LogP contribution >= 0.6 is 0 Å². The van der Waals surface area contributed by atoms with Gasteiger partial charge in [-0.3, -0.25) is 0 Å². The summed E-state index contributed by atoms with van der Waals surface area (Å²) in [7, 11) is 0. The van der Waals surface area contributed by atoms with E-state index in [1.807, 2.05) is 0 Å². The average Bonchev–Trinajstić information content (AvgIpc) is 2.43. The van der Waals surface area contributed by atoms with Crippen molar-refractivity contribution in [3.8, 4) is 0 Å². The molecule has 4 atom stereocenters. The van der Waals surface area contributed by atoms with Crippen molar-refractivity contribution < 1.29 is 5.11 Å². The highest BCUT2D eigenvalue weighted by atomic mass is 16.3. The minimum Gasteiger partial charge on any atom is -0.388 e. The molecule has 2 heteroatoms. The van der Waals surface area contributed by atoms with E-state index in [1.54, 1.807) is 0 Å². The molecule has 2 N–H and O–H groups in total. The SMILES string of the molecule is CC1CCC(O)(C2NCCc3ccccc32)C(C)C1. The first-order valence-corrected chi connectivity index (χ1v) is 7.65. The Morgan fingerprint density at radius 2 is 2.05 bits per heavy atom. The number of aliphatic hydroxyl groups is 1. The van der Waals surface area contributed by atoms with Gasteiger partial charge >= 0.3 is 0 Å². The Labute approximate surface area is 116 Å². The normalized spacial score (nSPS) is 38.8. The molecule has 0 aromatic heterocycles. The van der Waals surface area contributed by atoms with Crippen LogP contribution in [0.2, 0.25) is 0 Å². The lowest BCUT2D eigenvalue weighted by Crippen LogP contribution is -2.53. The molecule has 1 aromatic carbocycles. The minimum atomic E-state index is -0.580. The molecule has 2 aliphatic rings. The summed E-state index contributed by atoms with van der Waals surface area (Å²) in [5.74, 6) is 1.11. The molecular formula is C17H25NO. The van der Waals surface area contributed by atoms with Crippen molar-refractivity contribution in [2.24, 2.45) is 11.8 Å². The average molecular weight is 259 g/mol. The molecule has 1 fully saturated rings. The van der Waals surface area contributed by atoms with Gasteiger partial charge in [0, 0.05) is 0 Å². The molecule has 1 saturated carbocycles. The number of nitrogens with one attached hydrogen (secondary N) is 1. The van der Waals surface area contributed by atoms with Gasteiger partial charge in [-0.25, -0.2) is 0 Å². The van der Waals surface area contributed by atoms with E-state index in [4.69, 9.17) is 0 Å². The number of benzene rings is 1. The Kier molecular flexibility index (Phi) is 3.40. The Balaban J connectivity index is 1.94. The Morgan fingerprint density at radius 1 is 1.26 bits per heavy atom. The molecule has 0 spiro atoms. The summed E-state index contributed by atoms with van der Waals surface area (Å²) in [5, 5.41) is 14.8. The molecule has 1 heterocycles. The van der Waals surface area contributed by atoms with Crippen molar-refractivity contribution in [1.82, 2.24) is 5.32 Å². The number of hydrogen-bond donors (Lipinski definition) is 2. The zero-order chi connectivity index (χ0) is 13.5. The molecular weight excluding hydrogens is 234 g/mol. The summed E-state index contributed by atoms with van der Waals surface area (Å²) in [6, 6.07) is 8.72. The predicted octanol–water partition coefficient (Wildman–Crippen LogP) is 3.06. The van der Waals surface area contributed by atoms with Crippen molar-refractivity contribution >= 4 is 0 Å². The van der Waals surface area contributed by atoms with Crippen molar-refractivity contribution in [1.29, 1.82) is 0 Å². The smallest absolute Gasteiger partial charge is 0.0867 e. The van der Waals surface area contributed by atoms with Gasteiger partial charge < -0.3 is 10.4 Å². The van der Waals surface area contributed by atoms with Crippen LogP contribution < -0.4 is 5.32 Å². The van der Waals surface area contributed by atoms with E-state index in [2.05, 4.69) is 43.4 Å². The molecule has 2 nitrogen and oxygen atoms in total. The van der Waals surface area contributed by atoms with E-state index in [-0.39, 0.29) is 6.04 Å². The van der Waals surface area contributed by atoms with Gasteiger partial charge in [-0.1, -0.05) is 38.1 Å². The first kappa shape index (κ1) is 13.1. The number of rotatable bonds is 1. The standard InChI is InChI=1S/C17H25NO/c1-12-7-9-17(19,13(2)11-12)16-15-6-4-3-5-14(15)8-10-18-16/h3-6,12-13,16,18-19H,7-11H2,1-2H3. The number of hydrogen-bond acceptors (Lipinski definition) is 2. The van der Waals surface area contributed by atoms with E-state index in [9.17, 15) is 5.11 Å². The second kappa shape index (κ2) is 4.92. The van der Waals surface area contributed by atoms with Crippen LogP contribution in [0.15, 0.2) is 24.3 Å². The van der Waals surface area contributed by atoms with Gasteiger partial charge in [0.1, 0.15) is 0 Å². The molecule has 0 saturated heterocycles. The molecule has 0 bridgehead atoms. The van der Waals surface area contributed by atoms with Gasteiger partial charge in [-0.2, -0.15) is 0 Å². The molecule has 104 valence electrons. The molecule has 0 radical (unpaired) electrons. The maximum absolute atomic E-state index is 11.3. The van der Waals surface area contributed by atoms with Gasteiger partial charge in [-0.15, -0.1) is 0 Å². The third-order valence-electron chi connectivity index (χ3n) is 5.26. The Bertz CT molecular complexity index is 458. The lowest BCUT2D eigenvalue weighted by molar-refractivity contribution is -0.0838. The fourth-order valence-corrected chi connectivity index (χ4v) is 4.03. The Hall–Kier alpha value is -0.860. The van der Waals surface area contributed by atoms with E-state index >= 15 is 0 Å². The summed E-state index contributed by atoms with van der Waals surface area (Å²) < 4.78 is 0. The summed E-state index contributed by atoms with van der Waals surface area (Å²) in [6.45, 7) is 5.50. The van der Waals surface area contributed by atoms with Gasteiger partial charge in [0.2, 0.25) is 0 Å². The number of fused-ring (bicyclic) bond motifs is 1. The van der Waals surface area contributed by atoms with Crippen LogP contribution in [0.25, 0.3) is 0 Å². The summed E-state index contributed by atoms with van der Waals surface area (Å²) in [5.41, 5.74) is 2.14. The van der Waals surface area contributed by atoms with Crippen LogP contribution in [-0.2, 0) is 6.42 Å². The van der Waals surface area contributed by atoms with Crippen LogP contribution in [0.1, 0.15) is 50.3 Å². The maximum atomic E-state index is 11.3. The van der Waals surface area contributed by atoms with E-state index < -0.39 is 5.60 Å². The molecule has 19 heavy (non-hydrogen) atoms. The quantitative estimate of drug-likeness (QED) is 0.812. The van der Waals surface area contributed by atoms with Gasteiger partial charge in [0.15, 0.2) is 0 Å². The third kappa shape index (κ3) is 2.21. The van der Waals surface area contributed by atoms with E-state index in [0.29, 0.717) is 5.92 Å². The first-order chi connectivity index (χ1) is 9.11. The van der Waals surface area contributed by atoms with Crippen molar-refractivity contribution in [2.45, 2.75) is 51.2 Å². The first-order valence-electron chi connectivity index (χ1n) is 7.65.